The van der Waals surface area contributed by atoms with Crippen LogP contribution in [0.5, 0.6) is 0 Å². The second kappa shape index (κ2) is 3.20. The first-order valence-electron chi connectivity index (χ1n) is 3.45. The molecule has 0 bridgehead atoms. The second-order valence-electron chi connectivity index (χ2n) is 2.39. The third-order valence-corrected chi connectivity index (χ3v) is 1.40. The number of hydrogen-bond acceptors (Lipinski definition) is 2. The van der Waals surface area contributed by atoms with Crippen molar-refractivity contribution in [3.05, 3.63) is 23.5 Å². The average molecular weight is 136 g/mol. The van der Waals surface area contributed by atoms with Gasteiger partial charge in [-0.25, -0.2) is 0 Å². The maximum absolute atomic E-state index is 5.55. The Morgan fingerprint density at radius 1 is 1.40 bits per heavy atom. The van der Waals surface area contributed by atoms with Crippen molar-refractivity contribution in [3.63, 3.8) is 0 Å². The Kier molecular flexibility index (Phi) is 2.26. The van der Waals surface area contributed by atoms with Gasteiger partial charge in [0, 0.05) is 17.6 Å². The van der Waals surface area contributed by atoms with E-state index in [4.69, 9.17) is 5.73 Å². The summed E-state index contributed by atoms with van der Waals surface area (Å²) in [5.74, 6) is 0. The molecule has 0 fully saturated rings. The normalized spacial score (nSPS) is 32.5. The first kappa shape index (κ1) is 7.06. The van der Waals surface area contributed by atoms with Crippen molar-refractivity contribution in [2.24, 2.45) is 10.7 Å². The van der Waals surface area contributed by atoms with Gasteiger partial charge in [-0.3, -0.25) is 4.99 Å². The van der Waals surface area contributed by atoms with E-state index in [-0.39, 0.29) is 0 Å². The first-order chi connectivity index (χ1) is 4.79. The molecule has 0 aromatic carbocycles. The Balaban J connectivity index is 2.73. The number of nitrogens with zero attached hydrogens (tertiary/aromatic N) is 1. The number of hydrogen-bond donors (Lipinski definition) is 1. The molecule has 54 valence electrons. The summed E-state index contributed by atoms with van der Waals surface area (Å²) in [5.41, 5.74) is 7.37. The molecular formula is C8H12N2. The average Bonchev–Trinajstić information content (AvgIpc) is 1.90. The fraction of sp³-hybridized carbons (Fsp3) is 0.375. The van der Waals surface area contributed by atoms with Gasteiger partial charge in [-0.15, -0.1) is 0 Å². The van der Waals surface area contributed by atoms with Crippen molar-refractivity contribution in [3.8, 4) is 0 Å². The highest BCUT2D eigenvalue weighted by Crippen LogP contribution is 2.04. The van der Waals surface area contributed by atoms with Gasteiger partial charge in [0.2, 0.25) is 0 Å². The van der Waals surface area contributed by atoms with Crippen LogP contribution in [0.3, 0.4) is 0 Å². The van der Waals surface area contributed by atoms with E-state index in [1.54, 1.807) is 6.21 Å². The molecule has 0 amide bonds. The molecule has 0 unspecified atom stereocenters. The van der Waals surface area contributed by atoms with Crippen LogP contribution in [0.15, 0.2) is 28.5 Å². The zero-order chi connectivity index (χ0) is 7.40. The van der Waals surface area contributed by atoms with Gasteiger partial charge in [0.15, 0.2) is 0 Å². The van der Waals surface area contributed by atoms with Crippen molar-refractivity contribution < 1.29 is 0 Å². The van der Waals surface area contributed by atoms with E-state index in [1.165, 1.54) is 0 Å². The molecular weight excluding hydrogens is 124 g/mol. The summed E-state index contributed by atoms with van der Waals surface area (Å²) in [7, 11) is 0. The lowest BCUT2D eigenvalue weighted by Gasteiger charge is -1.98. The Morgan fingerprint density at radius 3 is 2.90 bits per heavy atom. The van der Waals surface area contributed by atoms with Crippen molar-refractivity contribution in [1.82, 2.24) is 0 Å². The van der Waals surface area contributed by atoms with Gasteiger partial charge < -0.3 is 5.73 Å². The van der Waals surface area contributed by atoms with Crippen LogP contribution in [-0.4, -0.2) is 6.21 Å². The molecule has 1 aliphatic heterocycles. The van der Waals surface area contributed by atoms with E-state index in [1.807, 2.05) is 13.0 Å². The minimum atomic E-state index is 0.771. The van der Waals surface area contributed by atoms with Crippen molar-refractivity contribution in [2.45, 2.75) is 19.8 Å². The molecule has 0 spiro atoms. The van der Waals surface area contributed by atoms with E-state index in [0.29, 0.717) is 0 Å². The topological polar surface area (TPSA) is 38.4 Å². The van der Waals surface area contributed by atoms with Gasteiger partial charge in [0.25, 0.3) is 0 Å². The van der Waals surface area contributed by atoms with Gasteiger partial charge in [0.05, 0.1) is 0 Å². The van der Waals surface area contributed by atoms with Crippen LogP contribution in [-0.2, 0) is 0 Å². The minimum absolute atomic E-state index is 0.771. The van der Waals surface area contributed by atoms with Crippen LogP contribution in [0.1, 0.15) is 19.8 Å². The largest absolute Gasteiger partial charge is 0.398 e. The SMILES string of the molecule is CC1=C\CC\C=C(N)/C=N/1. The molecule has 0 aromatic rings. The lowest BCUT2D eigenvalue weighted by Crippen LogP contribution is -1.99. The predicted molar refractivity (Wildman–Crippen MR) is 43.8 cm³/mol. The quantitative estimate of drug-likeness (QED) is 0.539. The van der Waals surface area contributed by atoms with Crippen molar-refractivity contribution in [2.75, 3.05) is 0 Å². The Labute approximate surface area is 61.1 Å². The van der Waals surface area contributed by atoms with Crippen molar-refractivity contribution in [1.29, 1.82) is 0 Å². The van der Waals surface area contributed by atoms with Gasteiger partial charge in [-0.1, -0.05) is 12.2 Å². The number of nitrogens with two attached hydrogens (primary N) is 1. The molecule has 1 rings (SSSR count). The number of allylic oxidation sites excluding steroid dienone is 4. The molecule has 1 aliphatic rings. The maximum Gasteiger partial charge on any atom is 0.0497 e. The lowest BCUT2D eigenvalue weighted by molar-refractivity contribution is 1.01. The zero-order valence-corrected chi connectivity index (χ0v) is 6.17. The molecule has 0 saturated heterocycles. The van der Waals surface area contributed by atoms with Gasteiger partial charge >= 0.3 is 0 Å². The summed E-state index contributed by atoms with van der Waals surface area (Å²) in [5, 5.41) is 0. The van der Waals surface area contributed by atoms with Crippen molar-refractivity contribution >= 4 is 6.21 Å². The molecule has 0 saturated carbocycles. The fourth-order valence-corrected chi connectivity index (χ4v) is 0.824. The summed E-state index contributed by atoms with van der Waals surface area (Å²) < 4.78 is 0. The van der Waals surface area contributed by atoms with E-state index >= 15 is 0 Å². The monoisotopic (exact) mass is 136 g/mol. The number of rotatable bonds is 0. The highest BCUT2D eigenvalue weighted by Gasteiger charge is 1.89. The summed E-state index contributed by atoms with van der Waals surface area (Å²) in [6.07, 6.45) is 7.87. The lowest BCUT2D eigenvalue weighted by atomic mass is 10.2. The Bertz CT molecular complexity index is 177. The Hall–Kier alpha value is -1.05. The Morgan fingerprint density at radius 2 is 2.10 bits per heavy atom. The van der Waals surface area contributed by atoms with Crippen LogP contribution in [0, 0.1) is 0 Å². The minimum Gasteiger partial charge on any atom is -0.398 e. The first-order valence-corrected chi connectivity index (χ1v) is 3.45. The standard InChI is InChI=1S/C8H12N2/c1-7-4-2-3-5-8(9)6-10-7/h4-6H,2-3,9H2,1H3/b7-4-,8-5+,10-6+. The van der Waals surface area contributed by atoms with Gasteiger partial charge in [-0.05, 0) is 19.8 Å². The molecule has 1 heterocycles. The van der Waals surface area contributed by atoms with Crippen LogP contribution in [0.4, 0.5) is 0 Å². The summed E-state index contributed by atoms with van der Waals surface area (Å²) in [6.45, 7) is 1.98. The molecule has 0 aliphatic carbocycles. The third kappa shape index (κ3) is 2.05. The van der Waals surface area contributed by atoms with Crippen LogP contribution < -0.4 is 5.73 Å². The summed E-state index contributed by atoms with van der Waals surface area (Å²) >= 11 is 0. The van der Waals surface area contributed by atoms with Crippen LogP contribution in [0.25, 0.3) is 0 Å². The number of aliphatic imine (C=N–C) groups is 1. The smallest absolute Gasteiger partial charge is 0.0497 e. The second-order valence-corrected chi connectivity index (χ2v) is 2.39. The third-order valence-electron chi connectivity index (χ3n) is 1.40. The van der Waals surface area contributed by atoms with E-state index in [0.717, 1.165) is 24.2 Å². The molecule has 2 N–H and O–H groups in total. The van der Waals surface area contributed by atoms with Crippen LogP contribution >= 0.6 is 0 Å². The highest BCUT2D eigenvalue weighted by atomic mass is 14.7. The zero-order valence-electron chi connectivity index (χ0n) is 6.17. The van der Waals surface area contributed by atoms with E-state index < -0.39 is 0 Å². The maximum atomic E-state index is 5.55. The fourth-order valence-electron chi connectivity index (χ4n) is 0.824. The molecule has 0 atom stereocenters. The molecule has 0 radical (unpaired) electrons. The molecule has 10 heavy (non-hydrogen) atoms. The summed E-state index contributed by atoms with van der Waals surface area (Å²) in [4.78, 5) is 4.11. The van der Waals surface area contributed by atoms with E-state index in [2.05, 4.69) is 11.1 Å². The highest BCUT2D eigenvalue weighted by molar-refractivity contribution is 5.78. The van der Waals surface area contributed by atoms with E-state index in [9.17, 15) is 0 Å². The molecule has 2 heteroatoms. The van der Waals surface area contributed by atoms with Gasteiger partial charge in [-0.2, -0.15) is 0 Å². The predicted octanol–water partition coefficient (Wildman–Crippen LogP) is 1.60. The van der Waals surface area contributed by atoms with Crippen LogP contribution in [0.2, 0.25) is 0 Å². The molecule has 2 nitrogen and oxygen atoms in total. The molecule has 0 aromatic heterocycles. The van der Waals surface area contributed by atoms with Gasteiger partial charge in [0.1, 0.15) is 0 Å². The summed E-state index contributed by atoms with van der Waals surface area (Å²) in [6, 6.07) is 0.